The van der Waals surface area contributed by atoms with Crippen LogP contribution in [0.1, 0.15) is 17.0 Å². The molecule has 4 aromatic rings. The van der Waals surface area contributed by atoms with Gasteiger partial charge in [0.05, 0.1) is 16.6 Å². The van der Waals surface area contributed by atoms with Crippen LogP contribution in [-0.2, 0) is 0 Å². The van der Waals surface area contributed by atoms with Gasteiger partial charge in [-0.05, 0) is 55.0 Å². The Hall–Kier alpha value is -3.29. The molecule has 0 aliphatic rings. The van der Waals surface area contributed by atoms with Crippen molar-refractivity contribution < 1.29 is 0 Å². The smallest absolute Gasteiger partial charge is 0.149 e. The van der Waals surface area contributed by atoms with Crippen LogP contribution < -0.4 is 0 Å². The van der Waals surface area contributed by atoms with Crippen LogP contribution >= 0.6 is 11.8 Å². The van der Waals surface area contributed by atoms with E-state index in [1.54, 1.807) is 11.8 Å². The van der Waals surface area contributed by atoms with Gasteiger partial charge >= 0.3 is 0 Å². The van der Waals surface area contributed by atoms with E-state index in [9.17, 15) is 5.26 Å². The Kier molecular flexibility index (Phi) is 4.78. The molecule has 0 aliphatic heterocycles. The van der Waals surface area contributed by atoms with E-state index in [0.29, 0.717) is 11.4 Å². The van der Waals surface area contributed by atoms with Crippen LogP contribution in [0.25, 0.3) is 22.7 Å². The number of hydrogen-bond acceptors (Lipinski definition) is 3. The number of aromatic amines is 1. The quantitative estimate of drug-likeness (QED) is 0.444. The molecule has 130 valence electrons. The van der Waals surface area contributed by atoms with Crippen LogP contribution in [0.3, 0.4) is 0 Å². The number of nitrogens with zero attached hydrogens (tertiary/aromatic N) is 2. The van der Waals surface area contributed by atoms with Crippen LogP contribution in [0.4, 0.5) is 0 Å². The molecule has 1 heterocycles. The van der Waals surface area contributed by atoms with Crippen LogP contribution in [-0.4, -0.2) is 9.97 Å². The average molecular weight is 367 g/mol. The minimum absolute atomic E-state index is 0.519. The Morgan fingerprint density at radius 1 is 0.963 bits per heavy atom. The highest BCUT2D eigenvalue weighted by Crippen LogP contribution is 2.28. The van der Waals surface area contributed by atoms with Crippen molar-refractivity contribution in [3.63, 3.8) is 0 Å². The lowest BCUT2D eigenvalue weighted by molar-refractivity contribution is 1.27. The van der Waals surface area contributed by atoms with E-state index < -0.39 is 0 Å². The highest BCUT2D eigenvalue weighted by Gasteiger charge is 2.07. The van der Waals surface area contributed by atoms with Gasteiger partial charge in [-0.15, -0.1) is 0 Å². The lowest BCUT2D eigenvalue weighted by atomic mass is 10.1. The molecule has 0 saturated carbocycles. The Labute approximate surface area is 162 Å². The van der Waals surface area contributed by atoms with E-state index in [4.69, 9.17) is 0 Å². The van der Waals surface area contributed by atoms with Gasteiger partial charge in [0.15, 0.2) is 0 Å². The number of para-hydroxylation sites is 2. The van der Waals surface area contributed by atoms with Gasteiger partial charge < -0.3 is 4.98 Å². The second kappa shape index (κ2) is 7.53. The van der Waals surface area contributed by atoms with Crippen molar-refractivity contribution >= 4 is 34.4 Å². The molecule has 0 atom stereocenters. The molecule has 0 radical (unpaired) electrons. The molecule has 0 unspecified atom stereocenters. The van der Waals surface area contributed by atoms with Gasteiger partial charge in [-0.25, -0.2) is 4.98 Å². The first kappa shape index (κ1) is 17.1. The summed E-state index contributed by atoms with van der Waals surface area (Å²) in [6.07, 6.45) is 1.86. The first-order chi connectivity index (χ1) is 13.2. The third-order valence-corrected chi connectivity index (χ3v) is 5.23. The standard InChI is InChI=1S/C23H17N3S/c1-16-6-10-19(11-7-16)27-20-12-8-17(9-13-20)14-18(15-24)23-25-21-4-2-3-5-22(21)26-23/h2-14H,1H3,(H,25,26)/b18-14+. The molecule has 4 heteroatoms. The average Bonchev–Trinajstić information content (AvgIpc) is 3.13. The number of aromatic nitrogens is 2. The highest BCUT2D eigenvalue weighted by atomic mass is 32.2. The van der Waals surface area contributed by atoms with E-state index in [0.717, 1.165) is 16.6 Å². The van der Waals surface area contributed by atoms with Crippen LogP contribution in [0.15, 0.2) is 82.6 Å². The summed E-state index contributed by atoms with van der Waals surface area (Å²) in [7, 11) is 0. The van der Waals surface area contributed by atoms with Gasteiger partial charge in [0.1, 0.15) is 11.9 Å². The maximum Gasteiger partial charge on any atom is 0.149 e. The number of aryl methyl sites for hydroxylation is 1. The van der Waals surface area contributed by atoms with Crippen molar-refractivity contribution in [1.29, 1.82) is 5.26 Å². The molecule has 1 aromatic heterocycles. The zero-order valence-electron chi connectivity index (χ0n) is 14.8. The van der Waals surface area contributed by atoms with Crippen LogP contribution in [0, 0.1) is 18.3 Å². The molecule has 27 heavy (non-hydrogen) atoms. The van der Waals surface area contributed by atoms with E-state index in [1.165, 1.54) is 15.4 Å². The normalized spacial score (nSPS) is 11.5. The van der Waals surface area contributed by atoms with E-state index >= 15 is 0 Å². The fourth-order valence-corrected chi connectivity index (χ4v) is 3.59. The molecule has 0 spiro atoms. The van der Waals surface area contributed by atoms with Crippen molar-refractivity contribution in [3.05, 3.63) is 89.7 Å². The Bertz CT molecular complexity index is 1110. The summed E-state index contributed by atoms with van der Waals surface area (Å²) in [5.41, 5.74) is 4.54. The van der Waals surface area contributed by atoms with Crippen LogP contribution in [0.2, 0.25) is 0 Å². The molecule has 3 aromatic carbocycles. The van der Waals surface area contributed by atoms with Crippen molar-refractivity contribution in [2.24, 2.45) is 0 Å². The third-order valence-electron chi connectivity index (χ3n) is 4.21. The fourth-order valence-electron chi connectivity index (χ4n) is 2.78. The summed E-state index contributed by atoms with van der Waals surface area (Å²) in [5.74, 6) is 0.594. The number of benzene rings is 3. The molecule has 4 rings (SSSR count). The Balaban J connectivity index is 1.56. The molecule has 0 aliphatic carbocycles. The lowest BCUT2D eigenvalue weighted by Gasteiger charge is -2.03. The Morgan fingerprint density at radius 3 is 2.30 bits per heavy atom. The number of hydrogen-bond donors (Lipinski definition) is 1. The predicted octanol–water partition coefficient (Wildman–Crippen LogP) is 6.09. The fraction of sp³-hybridized carbons (Fsp3) is 0.0435. The molecule has 0 bridgehead atoms. The molecule has 3 nitrogen and oxygen atoms in total. The highest BCUT2D eigenvalue weighted by molar-refractivity contribution is 7.99. The molecule has 0 amide bonds. The predicted molar refractivity (Wildman–Crippen MR) is 111 cm³/mol. The number of nitriles is 1. The molecule has 0 saturated heterocycles. The molecule has 1 N–H and O–H groups in total. The van der Waals surface area contributed by atoms with Gasteiger partial charge in [-0.3, -0.25) is 0 Å². The summed E-state index contributed by atoms with van der Waals surface area (Å²) >= 11 is 1.72. The number of nitrogens with one attached hydrogen (secondary N) is 1. The van der Waals surface area contributed by atoms with Crippen molar-refractivity contribution in [2.45, 2.75) is 16.7 Å². The van der Waals surface area contributed by atoms with Crippen molar-refractivity contribution in [1.82, 2.24) is 9.97 Å². The number of imidazole rings is 1. The van der Waals surface area contributed by atoms with Crippen LogP contribution in [0.5, 0.6) is 0 Å². The van der Waals surface area contributed by atoms with Crippen molar-refractivity contribution in [3.8, 4) is 6.07 Å². The summed E-state index contributed by atoms with van der Waals surface area (Å²) in [6.45, 7) is 2.09. The zero-order valence-corrected chi connectivity index (χ0v) is 15.6. The van der Waals surface area contributed by atoms with E-state index in [-0.39, 0.29) is 0 Å². The summed E-state index contributed by atoms with van der Waals surface area (Å²) in [6, 6.07) is 26.7. The molecular weight excluding hydrogens is 350 g/mol. The third kappa shape index (κ3) is 3.94. The summed E-state index contributed by atoms with van der Waals surface area (Å²) in [4.78, 5) is 10.1. The summed E-state index contributed by atoms with van der Waals surface area (Å²) in [5, 5.41) is 9.56. The second-order valence-corrected chi connectivity index (χ2v) is 7.40. The van der Waals surface area contributed by atoms with Gasteiger partial charge in [0.25, 0.3) is 0 Å². The van der Waals surface area contributed by atoms with Crippen molar-refractivity contribution in [2.75, 3.05) is 0 Å². The largest absolute Gasteiger partial charge is 0.337 e. The van der Waals surface area contributed by atoms with Gasteiger partial charge in [0.2, 0.25) is 0 Å². The Morgan fingerprint density at radius 2 is 1.63 bits per heavy atom. The minimum atomic E-state index is 0.519. The van der Waals surface area contributed by atoms with Gasteiger partial charge in [-0.1, -0.05) is 53.7 Å². The maximum absolute atomic E-state index is 9.56. The lowest BCUT2D eigenvalue weighted by Crippen LogP contribution is -1.85. The second-order valence-electron chi connectivity index (χ2n) is 6.26. The number of allylic oxidation sites excluding steroid dienone is 1. The van der Waals surface area contributed by atoms with Gasteiger partial charge in [-0.2, -0.15) is 5.26 Å². The number of H-pyrrole nitrogens is 1. The number of rotatable bonds is 4. The van der Waals surface area contributed by atoms with E-state index in [2.05, 4.69) is 59.4 Å². The maximum atomic E-state index is 9.56. The molecular formula is C23H17N3S. The number of fused-ring (bicyclic) bond motifs is 1. The summed E-state index contributed by atoms with van der Waals surface area (Å²) < 4.78 is 0. The monoisotopic (exact) mass is 367 g/mol. The topological polar surface area (TPSA) is 52.5 Å². The first-order valence-corrected chi connectivity index (χ1v) is 9.44. The SMILES string of the molecule is Cc1ccc(Sc2ccc(/C=C(\C#N)c3nc4ccccc4[nH]3)cc2)cc1. The van der Waals surface area contributed by atoms with Gasteiger partial charge in [0, 0.05) is 9.79 Å². The van der Waals surface area contributed by atoms with E-state index in [1.807, 2.05) is 42.5 Å². The first-order valence-electron chi connectivity index (χ1n) is 8.63. The zero-order chi connectivity index (χ0) is 18.6. The minimum Gasteiger partial charge on any atom is -0.337 e. The molecule has 0 fully saturated rings.